The SMILES string of the molecule is CCCCCCCCCCCCCCCCOC1CC[C@@]2(C)C(=CCC3C2CC[C@@]2(C)C3CC[C@@H]2[C@H](C)CCCC(C)C)C1. The number of allylic oxidation sites excluding steroid dienone is 1. The molecule has 0 heterocycles. The lowest BCUT2D eigenvalue weighted by Gasteiger charge is -2.58. The molecule has 8 atom stereocenters. The molecule has 0 aliphatic heterocycles. The average Bonchev–Trinajstić information content (AvgIpc) is 3.36. The first kappa shape index (κ1) is 36.5. The summed E-state index contributed by atoms with van der Waals surface area (Å²) >= 11 is 0. The second-order valence-corrected chi connectivity index (χ2v) is 17.6. The summed E-state index contributed by atoms with van der Waals surface area (Å²) in [5.74, 6) is 5.60. The van der Waals surface area contributed by atoms with Crippen molar-refractivity contribution in [2.24, 2.45) is 46.3 Å². The van der Waals surface area contributed by atoms with Crippen LogP contribution in [0.1, 0.15) is 202 Å². The van der Waals surface area contributed by atoms with E-state index in [2.05, 4.69) is 47.6 Å². The molecule has 0 saturated heterocycles. The minimum Gasteiger partial charge on any atom is -0.378 e. The molecule has 0 amide bonds. The van der Waals surface area contributed by atoms with E-state index in [1.807, 2.05) is 0 Å². The van der Waals surface area contributed by atoms with E-state index < -0.39 is 0 Å². The van der Waals surface area contributed by atoms with Crippen LogP contribution in [0.5, 0.6) is 0 Å². The van der Waals surface area contributed by atoms with Crippen molar-refractivity contribution in [1.29, 1.82) is 0 Å². The van der Waals surface area contributed by atoms with Crippen molar-refractivity contribution in [2.75, 3.05) is 6.61 Å². The van der Waals surface area contributed by atoms with Crippen molar-refractivity contribution < 1.29 is 4.74 Å². The van der Waals surface area contributed by atoms with Gasteiger partial charge in [0.2, 0.25) is 0 Å². The van der Waals surface area contributed by atoms with E-state index in [0.29, 0.717) is 16.9 Å². The number of rotatable bonds is 21. The van der Waals surface area contributed by atoms with Gasteiger partial charge in [0.1, 0.15) is 0 Å². The Bertz CT molecular complexity index is 827. The summed E-state index contributed by atoms with van der Waals surface area (Å²) in [7, 11) is 0. The highest BCUT2D eigenvalue weighted by Crippen LogP contribution is 2.67. The number of unbranched alkanes of at least 4 members (excludes halogenated alkanes) is 13. The molecule has 0 aromatic rings. The Balaban J connectivity index is 1.11. The molecule has 0 radical (unpaired) electrons. The maximum Gasteiger partial charge on any atom is 0.0612 e. The fourth-order valence-corrected chi connectivity index (χ4v) is 11.3. The van der Waals surface area contributed by atoms with Crippen LogP contribution in [-0.4, -0.2) is 12.7 Å². The van der Waals surface area contributed by atoms with Gasteiger partial charge in [-0.1, -0.05) is 156 Å². The van der Waals surface area contributed by atoms with E-state index >= 15 is 0 Å². The van der Waals surface area contributed by atoms with E-state index in [1.54, 1.807) is 5.57 Å². The Morgan fingerprint density at radius 1 is 0.705 bits per heavy atom. The third kappa shape index (κ3) is 9.63. The Labute approximate surface area is 276 Å². The first-order valence-corrected chi connectivity index (χ1v) is 20.6. The summed E-state index contributed by atoms with van der Waals surface area (Å²) in [6, 6.07) is 0. The van der Waals surface area contributed by atoms with Gasteiger partial charge in [-0.25, -0.2) is 0 Å². The molecule has 0 aromatic heterocycles. The molecule has 3 fully saturated rings. The van der Waals surface area contributed by atoms with Crippen molar-refractivity contribution in [3.63, 3.8) is 0 Å². The number of fused-ring (bicyclic) bond motifs is 5. The molecular formula is C43H78O. The van der Waals surface area contributed by atoms with E-state index in [1.165, 1.54) is 161 Å². The highest BCUT2D eigenvalue weighted by atomic mass is 16.5. The Hall–Kier alpha value is -0.300. The quantitative estimate of drug-likeness (QED) is 0.0928. The van der Waals surface area contributed by atoms with Crippen molar-refractivity contribution in [3.05, 3.63) is 11.6 Å². The van der Waals surface area contributed by atoms with Crippen molar-refractivity contribution in [2.45, 2.75) is 208 Å². The molecule has 0 spiro atoms. The summed E-state index contributed by atoms with van der Waals surface area (Å²) in [5, 5.41) is 0. The fraction of sp³-hybridized carbons (Fsp3) is 0.953. The van der Waals surface area contributed by atoms with Gasteiger partial charge < -0.3 is 4.74 Å². The Morgan fingerprint density at radius 2 is 1.34 bits per heavy atom. The van der Waals surface area contributed by atoms with Crippen LogP contribution in [0.25, 0.3) is 0 Å². The topological polar surface area (TPSA) is 9.23 Å². The molecule has 0 bridgehead atoms. The molecule has 4 rings (SSSR count). The van der Waals surface area contributed by atoms with E-state index in [-0.39, 0.29) is 0 Å². The van der Waals surface area contributed by atoms with Gasteiger partial charge in [0, 0.05) is 6.61 Å². The minimum absolute atomic E-state index is 0.458. The van der Waals surface area contributed by atoms with Crippen LogP contribution >= 0.6 is 0 Å². The van der Waals surface area contributed by atoms with Crippen LogP contribution < -0.4 is 0 Å². The molecule has 44 heavy (non-hydrogen) atoms. The largest absolute Gasteiger partial charge is 0.378 e. The van der Waals surface area contributed by atoms with Gasteiger partial charge in [0.15, 0.2) is 0 Å². The molecule has 256 valence electrons. The standard InChI is InChI=1S/C43H78O/c1-7-8-9-10-11-12-13-14-15-16-17-18-19-20-32-44-37-28-30-42(5)36(33-37)24-25-38-40-27-26-39(35(4)23-21-22-34(2)3)43(40,6)31-29-41(38)42/h24,34-35,37-41H,7-23,25-33H2,1-6H3/t35-,37?,38?,39-,40?,41?,42+,43-/m1/s1. The van der Waals surface area contributed by atoms with Crippen LogP contribution in [-0.2, 0) is 4.74 Å². The second-order valence-electron chi connectivity index (χ2n) is 17.6. The van der Waals surface area contributed by atoms with Crippen LogP contribution in [0.15, 0.2) is 11.6 Å². The molecule has 4 unspecified atom stereocenters. The van der Waals surface area contributed by atoms with Crippen molar-refractivity contribution in [1.82, 2.24) is 0 Å². The van der Waals surface area contributed by atoms with Gasteiger partial charge in [-0.05, 0) is 104 Å². The van der Waals surface area contributed by atoms with E-state index in [4.69, 9.17) is 4.74 Å². The molecule has 0 aromatic carbocycles. The van der Waals surface area contributed by atoms with E-state index in [0.717, 1.165) is 42.1 Å². The van der Waals surface area contributed by atoms with Gasteiger partial charge in [-0.2, -0.15) is 0 Å². The third-order valence-electron chi connectivity index (χ3n) is 14.1. The highest BCUT2D eigenvalue weighted by Gasteiger charge is 2.59. The second kappa shape index (κ2) is 18.3. The predicted octanol–water partition coefficient (Wildman–Crippen LogP) is 13.9. The number of ether oxygens (including phenoxy) is 1. The molecule has 4 aliphatic carbocycles. The smallest absolute Gasteiger partial charge is 0.0612 e. The monoisotopic (exact) mass is 611 g/mol. The van der Waals surface area contributed by atoms with Crippen molar-refractivity contribution in [3.8, 4) is 0 Å². The van der Waals surface area contributed by atoms with Gasteiger partial charge >= 0.3 is 0 Å². The average molecular weight is 611 g/mol. The zero-order valence-electron chi connectivity index (χ0n) is 30.9. The van der Waals surface area contributed by atoms with Gasteiger partial charge in [0.05, 0.1) is 6.10 Å². The summed E-state index contributed by atoms with van der Waals surface area (Å²) < 4.78 is 6.55. The summed E-state index contributed by atoms with van der Waals surface area (Å²) in [6.07, 6.45) is 38.8. The normalized spacial score (nSPS) is 34.0. The molecular weight excluding hydrogens is 532 g/mol. The first-order chi connectivity index (χ1) is 21.3. The van der Waals surface area contributed by atoms with Crippen LogP contribution in [0, 0.1) is 46.3 Å². The van der Waals surface area contributed by atoms with Crippen LogP contribution in [0.4, 0.5) is 0 Å². The van der Waals surface area contributed by atoms with Gasteiger partial charge in [0.25, 0.3) is 0 Å². The van der Waals surface area contributed by atoms with Crippen LogP contribution in [0.3, 0.4) is 0 Å². The van der Waals surface area contributed by atoms with E-state index in [9.17, 15) is 0 Å². The van der Waals surface area contributed by atoms with Crippen molar-refractivity contribution >= 4 is 0 Å². The van der Waals surface area contributed by atoms with Crippen LogP contribution in [0.2, 0.25) is 0 Å². The highest BCUT2D eigenvalue weighted by molar-refractivity contribution is 5.25. The molecule has 1 nitrogen and oxygen atoms in total. The summed E-state index contributed by atoms with van der Waals surface area (Å²) in [5.41, 5.74) is 2.87. The Kier molecular flexibility index (Phi) is 15.2. The molecule has 1 heteroatoms. The number of hydrogen-bond donors (Lipinski definition) is 0. The fourth-order valence-electron chi connectivity index (χ4n) is 11.3. The Morgan fingerprint density at radius 3 is 1.98 bits per heavy atom. The van der Waals surface area contributed by atoms with Gasteiger partial charge in [-0.3, -0.25) is 0 Å². The lowest BCUT2D eigenvalue weighted by molar-refractivity contribution is -0.0641. The lowest BCUT2D eigenvalue weighted by Crippen LogP contribution is -2.51. The first-order valence-electron chi connectivity index (χ1n) is 20.6. The number of hydrogen-bond acceptors (Lipinski definition) is 1. The molecule has 0 N–H and O–H groups in total. The summed E-state index contributed by atoms with van der Waals surface area (Å²) in [4.78, 5) is 0. The maximum absolute atomic E-state index is 6.55. The lowest BCUT2D eigenvalue weighted by atomic mass is 9.47. The third-order valence-corrected chi connectivity index (χ3v) is 14.1. The maximum atomic E-state index is 6.55. The molecule has 4 aliphatic rings. The summed E-state index contributed by atoms with van der Waals surface area (Å²) in [6.45, 7) is 16.1. The van der Waals surface area contributed by atoms with Gasteiger partial charge in [-0.15, -0.1) is 0 Å². The zero-order valence-corrected chi connectivity index (χ0v) is 30.9. The zero-order chi connectivity index (χ0) is 31.4. The minimum atomic E-state index is 0.458. The predicted molar refractivity (Wildman–Crippen MR) is 193 cm³/mol. The molecule has 3 saturated carbocycles.